The van der Waals surface area contributed by atoms with E-state index in [-0.39, 0.29) is 22.8 Å². The van der Waals surface area contributed by atoms with Crippen molar-refractivity contribution in [2.75, 3.05) is 7.05 Å². The van der Waals surface area contributed by atoms with E-state index in [1.54, 1.807) is 24.1 Å². The van der Waals surface area contributed by atoms with Gasteiger partial charge in [0, 0.05) is 12.1 Å². The maximum absolute atomic E-state index is 12.3. The Labute approximate surface area is 127 Å². The van der Waals surface area contributed by atoms with Crippen molar-refractivity contribution < 1.29 is 4.79 Å². The van der Waals surface area contributed by atoms with Crippen LogP contribution in [0.25, 0.3) is 0 Å². The first-order valence-electron chi connectivity index (χ1n) is 5.99. The molecule has 0 bridgehead atoms. The molecule has 2 rings (SSSR count). The summed E-state index contributed by atoms with van der Waals surface area (Å²) < 4.78 is 0. The summed E-state index contributed by atoms with van der Waals surface area (Å²) in [6.07, 6.45) is 2.73. The molecular formula is C14H13Cl2N3O. The third-order valence-corrected chi connectivity index (χ3v) is 3.54. The number of hydrogen-bond acceptors (Lipinski definition) is 3. The minimum atomic E-state index is -0.211. The average molecular weight is 310 g/mol. The van der Waals surface area contributed by atoms with E-state index < -0.39 is 0 Å². The Morgan fingerprint density at radius 2 is 1.80 bits per heavy atom. The molecule has 0 aliphatic heterocycles. The minimum absolute atomic E-state index is 0.0998. The molecule has 0 N–H and O–H groups in total. The molecule has 0 saturated heterocycles. The molecule has 1 unspecified atom stereocenters. The van der Waals surface area contributed by atoms with Gasteiger partial charge >= 0.3 is 0 Å². The van der Waals surface area contributed by atoms with Crippen molar-refractivity contribution in [1.82, 2.24) is 14.9 Å². The maximum atomic E-state index is 12.3. The van der Waals surface area contributed by atoms with Crippen LogP contribution in [0, 0.1) is 0 Å². The highest BCUT2D eigenvalue weighted by Gasteiger charge is 2.20. The Balaban J connectivity index is 2.17. The zero-order chi connectivity index (χ0) is 14.7. The highest BCUT2D eigenvalue weighted by molar-refractivity contribution is 6.30. The van der Waals surface area contributed by atoms with Crippen molar-refractivity contribution in [1.29, 1.82) is 0 Å². The largest absolute Gasteiger partial charge is 0.334 e. The summed E-state index contributed by atoms with van der Waals surface area (Å²) in [4.78, 5) is 21.7. The number of rotatable bonds is 3. The molecule has 4 nitrogen and oxygen atoms in total. The van der Waals surface area contributed by atoms with Crippen LogP contribution in [0.3, 0.4) is 0 Å². The first kappa shape index (κ1) is 14.8. The predicted octanol–water partition coefficient (Wildman–Crippen LogP) is 3.62. The van der Waals surface area contributed by atoms with Crippen LogP contribution in [0.2, 0.25) is 10.2 Å². The topological polar surface area (TPSA) is 46.1 Å². The van der Waals surface area contributed by atoms with Crippen LogP contribution in [0.5, 0.6) is 0 Å². The normalized spacial score (nSPS) is 12.0. The molecule has 0 radical (unpaired) electrons. The van der Waals surface area contributed by atoms with E-state index in [1.807, 2.05) is 19.1 Å². The highest BCUT2D eigenvalue weighted by atomic mass is 35.5. The van der Waals surface area contributed by atoms with Crippen LogP contribution in [-0.4, -0.2) is 27.8 Å². The summed E-state index contributed by atoms with van der Waals surface area (Å²) in [5.74, 6) is -0.211. The van der Waals surface area contributed by atoms with Gasteiger partial charge in [-0.25, -0.2) is 9.97 Å². The first-order valence-corrected chi connectivity index (χ1v) is 6.75. The van der Waals surface area contributed by atoms with Gasteiger partial charge in [-0.1, -0.05) is 35.3 Å². The zero-order valence-corrected chi connectivity index (χ0v) is 12.6. The second-order valence-corrected chi connectivity index (χ2v) is 5.19. The SMILES string of the molecule is CC(c1ccc(Cl)cc1)N(C)C(=O)c1cnc(Cl)cn1. The number of aromatic nitrogens is 2. The number of halogens is 2. The Hall–Kier alpha value is -1.65. The number of hydrogen-bond donors (Lipinski definition) is 0. The van der Waals surface area contributed by atoms with Gasteiger partial charge in [-0.05, 0) is 24.6 Å². The molecule has 1 aromatic carbocycles. The number of carbonyl (C=O) groups excluding carboxylic acids is 1. The van der Waals surface area contributed by atoms with Gasteiger partial charge in [0.05, 0.1) is 18.4 Å². The summed E-state index contributed by atoms with van der Waals surface area (Å²) >= 11 is 11.5. The molecule has 104 valence electrons. The Bertz CT molecular complexity index is 599. The molecule has 0 aliphatic carbocycles. The summed E-state index contributed by atoms with van der Waals surface area (Å²) in [6.45, 7) is 1.94. The molecule has 6 heteroatoms. The van der Waals surface area contributed by atoms with Crippen LogP contribution < -0.4 is 0 Å². The van der Waals surface area contributed by atoms with E-state index >= 15 is 0 Å². The van der Waals surface area contributed by atoms with E-state index in [4.69, 9.17) is 23.2 Å². The minimum Gasteiger partial charge on any atom is -0.334 e. The van der Waals surface area contributed by atoms with Crippen molar-refractivity contribution in [2.45, 2.75) is 13.0 Å². The zero-order valence-electron chi connectivity index (χ0n) is 11.0. The molecule has 0 fully saturated rings. The lowest BCUT2D eigenvalue weighted by atomic mass is 10.1. The van der Waals surface area contributed by atoms with Crippen LogP contribution >= 0.6 is 23.2 Å². The van der Waals surface area contributed by atoms with E-state index in [0.29, 0.717) is 5.02 Å². The standard InChI is InChI=1S/C14H13Cl2N3O/c1-9(10-3-5-11(15)6-4-10)19(2)14(20)12-7-18-13(16)8-17-12/h3-9H,1-2H3. The van der Waals surface area contributed by atoms with E-state index in [9.17, 15) is 4.79 Å². The Morgan fingerprint density at radius 3 is 2.35 bits per heavy atom. The molecule has 1 amide bonds. The van der Waals surface area contributed by atoms with Gasteiger partial charge in [-0.3, -0.25) is 4.79 Å². The average Bonchev–Trinajstić information content (AvgIpc) is 2.46. The summed E-state index contributed by atoms with van der Waals surface area (Å²) in [5.41, 5.74) is 1.25. The van der Waals surface area contributed by atoms with Gasteiger partial charge < -0.3 is 4.90 Å². The van der Waals surface area contributed by atoms with Crippen molar-refractivity contribution in [3.63, 3.8) is 0 Å². The molecule has 1 heterocycles. The van der Waals surface area contributed by atoms with Crippen molar-refractivity contribution in [3.8, 4) is 0 Å². The van der Waals surface area contributed by atoms with Crippen LogP contribution in [-0.2, 0) is 0 Å². The van der Waals surface area contributed by atoms with Gasteiger partial charge in [0.1, 0.15) is 10.8 Å². The number of benzene rings is 1. The lowest BCUT2D eigenvalue weighted by molar-refractivity contribution is 0.0736. The van der Waals surface area contributed by atoms with Gasteiger partial charge in [-0.2, -0.15) is 0 Å². The summed E-state index contributed by atoms with van der Waals surface area (Å²) in [5, 5.41) is 0.924. The van der Waals surface area contributed by atoms with Crippen molar-refractivity contribution in [3.05, 3.63) is 58.1 Å². The predicted molar refractivity (Wildman–Crippen MR) is 79.0 cm³/mol. The Morgan fingerprint density at radius 1 is 1.15 bits per heavy atom. The molecule has 0 aliphatic rings. The van der Waals surface area contributed by atoms with Gasteiger partial charge in [0.15, 0.2) is 0 Å². The van der Waals surface area contributed by atoms with Crippen molar-refractivity contribution >= 4 is 29.1 Å². The van der Waals surface area contributed by atoms with Gasteiger partial charge in [-0.15, -0.1) is 0 Å². The van der Waals surface area contributed by atoms with Crippen molar-refractivity contribution in [2.24, 2.45) is 0 Å². The lowest BCUT2D eigenvalue weighted by Crippen LogP contribution is -2.30. The number of nitrogens with zero attached hydrogens (tertiary/aromatic N) is 3. The van der Waals surface area contributed by atoms with E-state index in [1.165, 1.54) is 12.4 Å². The first-order chi connectivity index (χ1) is 9.49. The monoisotopic (exact) mass is 309 g/mol. The lowest BCUT2D eigenvalue weighted by Gasteiger charge is -2.25. The molecule has 0 saturated carbocycles. The smallest absolute Gasteiger partial charge is 0.274 e. The van der Waals surface area contributed by atoms with Crippen LogP contribution in [0.4, 0.5) is 0 Å². The fraction of sp³-hybridized carbons (Fsp3) is 0.214. The number of amides is 1. The fourth-order valence-corrected chi connectivity index (χ4v) is 1.97. The fourth-order valence-electron chi connectivity index (χ4n) is 1.74. The quantitative estimate of drug-likeness (QED) is 0.870. The molecular weight excluding hydrogens is 297 g/mol. The molecule has 20 heavy (non-hydrogen) atoms. The molecule has 1 atom stereocenters. The second-order valence-electron chi connectivity index (χ2n) is 4.37. The molecule has 0 spiro atoms. The maximum Gasteiger partial charge on any atom is 0.274 e. The number of carbonyl (C=O) groups is 1. The van der Waals surface area contributed by atoms with Gasteiger partial charge in [0.25, 0.3) is 5.91 Å². The Kier molecular flexibility index (Phi) is 4.57. The molecule has 1 aromatic heterocycles. The van der Waals surface area contributed by atoms with Crippen LogP contribution in [0.1, 0.15) is 29.0 Å². The van der Waals surface area contributed by atoms with E-state index in [0.717, 1.165) is 5.56 Å². The summed E-state index contributed by atoms with van der Waals surface area (Å²) in [7, 11) is 1.72. The third kappa shape index (κ3) is 3.26. The van der Waals surface area contributed by atoms with E-state index in [2.05, 4.69) is 9.97 Å². The van der Waals surface area contributed by atoms with Gasteiger partial charge in [0.2, 0.25) is 0 Å². The molecule has 2 aromatic rings. The third-order valence-electron chi connectivity index (χ3n) is 3.09. The second kappa shape index (κ2) is 6.20. The summed E-state index contributed by atoms with van der Waals surface area (Å²) in [6, 6.07) is 7.29. The highest BCUT2D eigenvalue weighted by Crippen LogP contribution is 2.22. The van der Waals surface area contributed by atoms with Crippen LogP contribution in [0.15, 0.2) is 36.7 Å².